The average Bonchev–Trinajstić information content (AvgIpc) is 2.69. The summed E-state index contributed by atoms with van der Waals surface area (Å²) in [5.41, 5.74) is 0.234. The second-order valence-electron chi connectivity index (χ2n) is 5.35. The van der Waals surface area contributed by atoms with E-state index in [1.165, 1.54) is 0 Å². The SMILES string of the molecule is N#CC(C#N)=C(C#N)Nc1ccc(Oc2ccc3ccccc3c2)cc1. The van der Waals surface area contributed by atoms with Crippen molar-refractivity contribution >= 4 is 16.5 Å². The Morgan fingerprint density at radius 3 is 2.04 bits per heavy atom. The van der Waals surface area contributed by atoms with Crippen molar-refractivity contribution in [2.24, 2.45) is 0 Å². The highest BCUT2D eigenvalue weighted by Gasteiger charge is 2.06. The fraction of sp³-hybridized carbons (Fsp3) is 0. The molecule has 0 fully saturated rings. The third kappa shape index (κ3) is 3.62. The number of fused-ring (bicyclic) bond motifs is 1. The standard InChI is InChI=1S/C21H12N4O/c22-12-17(13-23)21(14-24)25-18-6-9-19(10-7-18)26-20-8-5-15-3-1-2-4-16(15)11-20/h1-11,25H. The number of nitrogens with zero attached hydrogens (tertiary/aromatic N) is 3. The molecule has 3 aromatic carbocycles. The lowest BCUT2D eigenvalue weighted by molar-refractivity contribution is 0.483. The third-order valence-electron chi connectivity index (χ3n) is 3.67. The van der Waals surface area contributed by atoms with Crippen LogP contribution in [0.15, 0.2) is 78.0 Å². The number of nitriles is 3. The number of benzene rings is 3. The second-order valence-corrected chi connectivity index (χ2v) is 5.35. The van der Waals surface area contributed by atoms with Crippen LogP contribution in [0.4, 0.5) is 5.69 Å². The van der Waals surface area contributed by atoms with Gasteiger partial charge in [0.25, 0.3) is 0 Å². The molecule has 0 unspecified atom stereocenters. The summed E-state index contributed by atoms with van der Waals surface area (Å²) in [6.07, 6.45) is 0. The lowest BCUT2D eigenvalue weighted by atomic mass is 10.1. The van der Waals surface area contributed by atoms with E-state index >= 15 is 0 Å². The van der Waals surface area contributed by atoms with Crippen LogP contribution in [0.1, 0.15) is 0 Å². The monoisotopic (exact) mass is 336 g/mol. The zero-order valence-corrected chi connectivity index (χ0v) is 13.6. The highest BCUT2D eigenvalue weighted by molar-refractivity contribution is 5.83. The number of hydrogen-bond donors (Lipinski definition) is 1. The molecule has 0 aliphatic heterocycles. The van der Waals surface area contributed by atoms with Crippen molar-refractivity contribution < 1.29 is 4.74 Å². The molecule has 26 heavy (non-hydrogen) atoms. The summed E-state index contributed by atoms with van der Waals surface area (Å²) in [5.74, 6) is 1.35. The minimum atomic E-state index is -0.260. The predicted molar refractivity (Wildman–Crippen MR) is 98.0 cm³/mol. The smallest absolute Gasteiger partial charge is 0.163 e. The Labute approximate surface area is 150 Å². The number of allylic oxidation sites excluding steroid dienone is 2. The van der Waals surface area contributed by atoms with Gasteiger partial charge in [-0.25, -0.2) is 0 Å². The molecule has 0 atom stereocenters. The lowest BCUT2D eigenvalue weighted by Gasteiger charge is -2.09. The maximum Gasteiger partial charge on any atom is 0.163 e. The minimum Gasteiger partial charge on any atom is -0.457 e. The molecule has 3 aromatic rings. The first kappa shape index (κ1) is 16.6. The molecule has 0 saturated heterocycles. The van der Waals surface area contributed by atoms with Crippen molar-refractivity contribution in [3.8, 4) is 29.7 Å². The number of ether oxygens (including phenoxy) is 1. The zero-order valence-electron chi connectivity index (χ0n) is 13.6. The largest absolute Gasteiger partial charge is 0.457 e. The molecule has 122 valence electrons. The van der Waals surface area contributed by atoms with Crippen molar-refractivity contribution in [2.75, 3.05) is 5.32 Å². The van der Waals surface area contributed by atoms with Crippen LogP contribution >= 0.6 is 0 Å². The van der Waals surface area contributed by atoms with Crippen molar-refractivity contribution in [3.05, 3.63) is 78.0 Å². The Hall–Kier alpha value is -4.27. The molecule has 0 heterocycles. The maximum absolute atomic E-state index is 9.06. The summed E-state index contributed by atoms with van der Waals surface area (Å²) < 4.78 is 5.85. The molecule has 0 spiro atoms. The van der Waals surface area contributed by atoms with Crippen molar-refractivity contribution in [2.45, 2.75) is 0 Å². The van der Waals surface area contributed by atoms with Gasteiger partial charge in [0.2, 0.25) is 0 Å². The number of nitrogens with one attached hydrogen (secondary N) is 1. The molecule has 0 aromatic heterocycles. The first-order valence-electron chi connectivity index (χ1n) is 7.72. The van der Waals surface area contributed by atoms with Gasteiger partial charge in [-0.05, 0) is 47.2 Å². The Morgan fingerprint density at radius 2 is 1.38 bits per heavy atom. The number of anilines is 1. The molecule has 0 aliphatic carbocycles. The highest BCUT2D eigenvalue weighted by Crippen LogP contribution is 2.26. The molecule has 5 heteroatoms. The van der Waals surface area contributed by atoms with Crippen LogP contribution in [0.3, 0.4) is 0 Å². The summed E-state index contributed by atoms with van der Waals surface area (Å²) in [7, 11) is 0. The average molecular weight is 336 g/mol. The quantitative estimate of drug-likeness (QED) is 0.686. The molecule has 0 radical (unpaired) electrons. The van der Waals surface area contributed by atoms with Crippen LogP contribution in [0.25, 0.3) is 10.8 Å². The van der Waals surface area contributed by atoms with E-state index in [2.05, 4.69) is 5.32 Å². The minimum absolute atomic E-state index is 0.0850. The van der Waals surface area contributed by atoms with E-state index in [4.69, 9.17) is 20.5 Å². The predicted octanol–water partition coefficient (Wildman–Crippen LogP) is 4.87. The molecular weight excluding hydrogens is 324 g/mol. The van der Waals surface area contributed by atoms with Crippen LogP contribution in [-0.4, -0.2) is 0 Å². The van der Waals surface area contributed by atoms with E-state index < -0.39 is 0 Å². The topological polar surface area (TPSA) is 92.6 Å². The van der Waals surface area contributed by atoms with Gasteiger partial charge in [-0.1, -0.05) is 30.3 Å². The summed E-state index contributed by atoms with van der Waals surface area (Å²) in [6.45, 7) is 0. The van der Waals surface area contributed by atoms with Crippen molar-refractivity contribution in [1.29, 1.82) is 15.8 Å². The molecule has 0 amide bonds. The first-order chi connectivity index (χ1) is 12.7. The normalized spacial score (nSPS) is 9.42. The van der Waals surface area contributed by atoms with Gasteiger partial charge in [-0.15, -0.1) is 0 Å². The number of rotatable bonds is 4. The summed E-state index contributed by atoms with van der Waals surface area (Å²) in [6, 6.07) is 26.0. The van der Waals surface area contributed by atoms with E-state index in [1.807, 2.05) is 48.5 Å². The third-order valence-corrected chi connectivity index (χ3v) is 3.67. The van der Waals surface area contributed by atoms with Gasteiger partial charge in [0, 0.05) is 5.69 Å². The van der Waals surface area contributed by atoms with E-state index in [0.717, 1.165) is 16.5 Å². The van der Waals surface area contributed by atoms with Gasteiger partial charge < -0.3 is 10.1 Å². The van der Waals surface area contributed by atoms with E-state index in [0.29, 0.717) is 11.4 Å². The van der Waals surface area contributed by atoms with E-state index in [9.17, 15) is 0 Å². The van der Waals surface area contributed by atoms with Crippen LogP contribution in [0.2, 0.25) is 0 Å². The van der Waals surface area contributed by atoms with Gasteiger partial charge in [-0.3, -0.25) is 0 Å². The van der Waals surface area contributed by atoms with Gasteiger partial charge >= 0.3 is 0 Å². The molecule has 0 bridgehead atoms. The molecule has 0 saturated carbocycles. The molecule has 3 rings (SSSR count). The highest BCUT2D eigenvalue weighted by atomic mass is 16.5. The Bertz CT molecular complexity index is 1090. The van der Waals surface area contributed by atoms with Gasteiger partial charge in [0.1, 0.15) is 35.4 Å². The number of hydrogen-bond acceptors (Lipinski definition) is 5. The van der Waals surface area contributed by atoms with Gasteiger partial charge in [0.15, 0.2) is 5.57 Å². The van der Waals surface area contributed by atoms with Gasteiger partial charge in [-0.2, -0.15) is 15.8 Å². The first-order valence-corrected chi connectivity index (χ1v) is 7.72. The zero-order chi connectivity index (χ0) is 18.4. The van der Waals surface area contributed by atoms with Gasteiger partial charge in [0.05, 0.1) is 0 Å². The fourth-order valence-electron chi connectivity index (χ4n) is 2.40. The Kier molecular flexibility index (Phi) is 4.80. The van der Waals surface area contributed by atoms with Crippen LogP contribution in [0, 0.1) is 34.0 Å². The van der Waals surface area contributed by atoms with Crippen LogP contribution < -0.4 is 10.1 Å². The molecular formula is C21H12N4O. The van der Waals surface area contributed by atoms with E-state index in [-0.39, 0.29) is 11.3 Å². The fourth-order valence-corrected chi connectivity index (χ4v) is 2.40. The van der Waals surface area contributed by atoms with Crippen molar-refractivity contribution in [1.82, 2.24) is 0 Å². The molecule has 1 N–H and O–H groups in total. The lowest BCUT2D eigenvalue weighted by Crippen LogP contribution is -2.00. The van der Waals surface area contributed by atoms with Crippen LogP contribution in [-0.2, 0) is 0 Å². The Balaban J connectivity index is 1.77. The molecule has 0 aliphatic rings. The summed E-state index contributed by atoms with van der Waals surface area (Å²) in [4.78, 5) is 0. The second kappa shape index (κ2) is 7.53. The maximum atomic E-state index is 9.06. The van der Waals surface area contributed by atoms with Crippen molar-refractivity contribution in [3.63, 3.8) is 0 Å². The van der Waals surface area contributed by atoms with E-state index in [1.54, 1.807) is 36.4 Å². The molecule has 5 nitrogen and oxygen atoms in total. The summed E-state index contributed by atoms with van der Waals surface area (Å²) in [5, 5.41) is 31.7. The Morgan fingerprint density at radius 1 is 0.731 bits per heavy atom. The summed E-state index contributed by atoms with van der Waals surface area (Å²) >= 11 is 0. The van der Waals surface area contributed by atoms with Crippen LogP contribution in [0.5, 0.6) is 11.5 Å².